The lowest BCUT2D eigenvalue weighted by Crippen LogP contribution is -2.46. The van der Waals surface area contributed by atoms with E-state index in [0.717, 1.165) is 6.54 Å². The number of likely N-dealkylation sites (tertiary alicyclic amines) is 1. The quantitative estimate of drug-likeness (QED) is 0.362. The fraction of sp³-hybridized carbons (Fsp3) is 0.500. The number of hydrogen-bond donors (Lipinski definition) is 2. The monoisotopic (exact) mass is 531 g/mol. The van der Waals surface area contributed by atoms with Crippen LogP contribution in [0.2, 0.25) is 0 Å². The van der Waals surface area contributed by atoms with Gasteiger partial charge in [0, 0.05) is 31.4 Å². The molecule has 12 heteroatoms. The minimum absolute atomic E-state index is 0.0387. The largest absolute Gasteiger partial charge is 0.393 e. The highest BCUT2D eigenvalue weighted by Gasteiger charge is 2.32. The molecule has 5 rings (SSSR count). The molecule has 1 amide bonds. The molecule has 1 aliphatic heterocycles. The molecule has 38 heavy (non-hydrogen) atoms. The van der Waals surface area contributed by atoms with Gasteiger partial charge >= 0.3 is 6.18 Å². The number of carbonyl (C=O) groups is 1. The van der Waals surface area contributed by atoms with Crippen molar-refractivity contribution in [3.8, 4) is 11.8 Å². The number of rotatable bonds is 7. The van der Waals surface area contributed by atoms with E-state index >= 15 is 0 Å². The average Bonchev–Trinajstić information content (AvgIpc) is 3.43. The molecule has 0 unspecified atom stereocenters. The molecule has 2 fully saturated rings. The number of nitrogens with zero attached hydrogens (tertiary/aromatic N) is 5. The first-order valence-electron chi connectivity index (χ1n) is 12.6. The molecule has 3 aromatic rings. The molecule has 8 nitrogen and oxygen atoms in total. The highest BCUT2D eigenvalue weighted by atomic mass is 19.4. The molecule has 1 aliphatic carbocycles. The summed E-state index contributed by atoms with van der Waals surface area (Å²) < 4.78 is 58.0. The maximum atomic E-state index is 14.6. The van der Waals surface area contributed by atoms with Crippen molar-refractivity contribution in [3.63, 3.8) is 0 Å². The van der Waals surface area contributed by atoms with Crippen LogP contribution < -0.4 is 10.6 Å². The topological polar surface area (TPSA) is 79.5 Å². The van der Waals surface area contributed by atoms with Crippen molar-refractivity contribution in [2.24, 2.45) is 5.92 Å². The van der Waals surface area contributed by atoms with Gasteiger partial charge in [-0.25, -0.2) is 8.91 Å². The van der Waals surface area contributed by atoms with Crippen LogP contribution in [0.4, 0.5) is 23.4 Å². The summed E-state index contributed by atoms with van der Waals surface area (Å²) in [5.41, 5.74) is 0.533. The maximum absolute atomic E-state index is 14.6. The van der Waals surface area contributed by atoms with Crippen molar-refractivity contribution in [2.75, 3.05) is 32.0 Å². The predicted molar refractivity (Wildman–Crippen MR) is 134 cm³/mol. The molecule has 3 aromatic heterocycles. The van der Waals surface area contributed by atoms with Gasteiger partial charge in [0.15, 0.2) is 0 Å². The zero-order chi connectivity index (χ0) is 26.9. The van der Waals surface area contributed by atoms with Crippen molar-refractivity contribution < 1.29 is 22.4 Å². The number of anilines is 1. The first kappa shape index (κ1) is 26.0. The number of carbonyl (C=O) groups excluding carboxylic acids is 1. The van der Waals surface area contributed by atoms with E-state index in [1.807, 2.05) is 11.9 Å². The lowest BCUT2D eigenvalue weighted by atomic mass is 10.0. The molecule has 202 valence electrons. The lowest BCUT2D eigenvalue weighted by Gasteiger charge is -2.33. The summed E-state index contributed by atoms with van der Waals surface area (Å²) in [5.74, 6) is 6.05. The summed E-state index contributed by atoms with van der Waals surface area (Å²) in [6.07, 6.45) is -0.771. The summed E-state index contributed by atoms with van der Waals surface area (Å²) in [6.45, 7) is 1.69. The Hall–Kier alpha value is -3.59. The van der Waals surface area contributed by atoms with Crippen LogP contribution >= 0.6 is 0 Å². The van der Waals surface area contributed by atoms with Crippen LogP contribution in [-0.4, -0.2) is 75.3 Å². The van der Waals surface area contributed by atoms with Gasteiger partial charge < -0.3 is 15.5 Å². The van der Waals surface area contributed by atoms with E-state index in [0.29, 0.717) is 30.3 Å². The van der Waals surface area contributed by atoms with Crippen LogP contribution in [0.25, 0.3) is 5.52 Å². The standard InChI is InChI=1S/C26H29F4N7O/c1-35-11-9-22(20(27)16-35)33-24-6-2-5-23-19(12-26(28,29)30)21(34-37(23)24)4-3-10-31-25(38)18-13-32-36(15-18)14-17-7-8-17/h2,5-6,13,15,17,20,22,33H,7-12,14,16H2,1H3,(H,31,38)/t20-,22+/m0/s1. The van der Waals surface area contributed by atoms with E-state index in [9.17, 15) is 22.4 Å². The van der Waals surface area contributed by atoms with Gasteiger partial charge in [0.1, 0.15) is 17.7 Å². The van der Waals surface area contributed by atoms with Gasteiger partial charge in [0.05, 0.1) is 36.3 Å². The van der Waals surface area contributed by atoms with Gasteiger partial charge in [0.25, 0.3) is 5.91 Å². The molecule has 2 N–H and O–H groups in total. The van der Waals surface area contributed by atoms with Gasteiger partial charge in [-0.1, -0.05) is 12.0 Å². The van der Waals surface area contributed by atoms with Gasteiger partial charge in [-0.2, -0.15) is 23.4 Å². The number of amides is 1. The maximum Gasteiger partial charge on any atom is 0.393 e. The van der Waals surface area contributed by atoms with Crippen LogP contribution in [0.1, 0.15) is 40.9 Å². The summed E-state index contributed by atoms with van der Waals surface area (Å²) in [4.78, 5) is 14.3. The van der Waals surface area contributed by atoms with E-state index in [1.165, 1.54) is 29.6 Å². The number of piperidine rings is 1. The fourth-order valence-corrected chi connectivity index (χ4v) is 4.61. The van der Waals surface area contributed by atoms with E-state index in [4.69, 9.17) is 0 Å². The third kappa shape index (κ3) is 6.27. The number of pyridine rings is 1. The first-order valence-corrected chi connectivity index (χ1v) is 12.6. The smallest absolute Gasteiger partial charge is 0.364 e. The zero-order valence-electron chi connectivity index (χ0n) is 20.9. The second-order valence-corrected chi connectivity index (χ2v) is 10.0. The van der Waals surface area contributed by atoms with Crippen molar-refractivity contribution in [1.82, 2.24) is 29.6 Å². The lowest BCUT2D eigenvalue weighted by molar-refractivity contribution is -0.127. The van der Waals surface area contributed by atoms with Crippen LogP contribution in [0.3, 0.4) is 0 Å². The van der Waals surface area contributed by atoms with Crippen molar-refractivity contribution in [2.45, 2.75) is 50.6 Å². The zero-order valence-corrected chi connectivity index (χ0v) is 20.9. The molecule has 1 saturated heterocycles. The minimum Gasteiger partial charge on any atom is -0.364 e. The Bertz CT molecular complexity index is 1370. The summed E-state index contributed by atoms with van der Waals surface area (Å²) in [7, 11) is 1.84. The number of alkyl halides is 4. The molecule has 2 atom stereocenters. The number of hydrogen-bond acceptors (Lipinski definition) is 5. The Labute approximate surface area is 217 Å². The number of aromatic nitrogens is 4. The van der Waals surface area contributed by atoms with Crippen LogP contribution in [0, 0.1) is 17.8 Å². The predicted octanol–water partition coefficient (Wildman–Crippen LogP) is 3.28. The van der Waals surface area contributed by atoms with Gasteiger partial charge in [-0.3, -0.25) is 9.48 Å². The summed E-state index contributed by atoms with van der Waals surface area (Å²) >= 11 is 0. The molecular formula is C26H29F4N7O. The van der Waals surface area contributed by atoms with Gasteiger partial charge in [-0.05, 0) is 50.3 Å². The molecule has 0 radical (unpaired) electrons. The van der Waals surface area contributed by atoms with Crippen LogP contribution in [0.15, 0.2) is 30.6 Å². The molecule has 4 heterocycles. The van der Waals surface area contributed by atoms with Crippen LogP contribution in [-0.2, 0) is 13.0 Å². The average molecular weight is 532 g/mol. The van der Waals surface area contributed by atoms with Gasteiger partial charge in [-0.15, -0.1) is 0 Å². The summed E-state index contributed by atoms with van der Waals surface area (Å²) in [5, 5.41) is 14.3. The third-order valence-corrected chi connectivity index (χ3v) is 6.80. The molecule has 0 bridgehead atoms. The Balaban J connectivity index is 1.33. The van der Waals surface area contributed by atoms with Crippen molar-refractivity contribution >= 4 is 17.2 Å². The summed E-state index contributed by atoms with van der Waals surface area (Å²) in [6, 6.07) is 4.32. The Morgan fingerprint density at radius 3 is 2.79 bits per heavy atom. The van der Waals surface area contributed by atoms with E-state index in [2.05, 4.69) is 32.7 Å². The fourth-order valence-electron chi connectivity index (χ4n) is 4.61. The molecule has 0 aromatic carbocycles. The SMILES string of the molecule is CN1CC[C@@H](Nc2cccc3c(CC(F)(F)F)c(C#CCNC(=O)c4cnn(CC5CC5)c4)nn23)[C@@H](F)C1. The molecule has 1 saturated carbocycles. The molecule has 2 aliphatic rings. The second-order valence-electron chi connectivity index (χ2n) is 10.0. The normalized spacial score (nSPS) is 20.2. The van der Waals surface area contributed by atoms with Crippen molar-refractivity contribution in [1.29, 1.82) is 0 Å². The highest BCUT2D eigenvalue weighted by molar-refractivity contribution is 5.93. The number of fused-ring (bicyclic) bond motifs is 1. The van der Waals surface area contributed by atoms with E-state index < -0.39 is 24.8 Å². The first-order chi connectivity index (χ1) is 18.2. The molecular weight excluding hydrogens is 502 g/mol. The van der Waals surface area contributed by atoms with Crippen LogP contribution in [0.5, 0.6) is 0 Å². The second kappa shape index (κ2) is 10.6. The van der Waals surface area contributed by atoms with E-state index in [-0.39, 0.29) is 35.8 Å². The highest BCUT2D eigenvalue weighted by Crippen LogP contribution is 2.30. The number of halogens is 4. The molecule has 0 spiro atoms. The van der Waals surface area contributed by atoms with Crippen molar-refractivity contribution in [3.05, 3.63) is 47.4 Å². The Kier molecular flexibility index (Phi) is 7.29. The van der Waals surface area contributed by atoms with E-state index in [1.54, 1.807) is 23.0 Å². The Morgan fingerprint density at radius 2 is 2.05 bits per heavy atom. The number of nitrogens with one attached hydrogen (secondary N) is 2. The Morgan fingerprint density at radius 1 is 1.24 bits per heavy atom. The third-order valence-electron chi connectivity index (χ3n) is 6.80. The van der Waals surface area contributed by atoms with Gasteiger partial charge in [0.2, 0.25) is 0 Å². The minimum atomic E-state index is -4.48.